The average molecular weight is 231 g/mol. The molecule has 1 heterocycles. The summed E-state index contributed by atoms with van der Waals surface area (Å²) in [4.78, 5) is 14.2. The molecule has 5 heteroatoms. The van der Waals surface area contributed by atoms with Crippen molar-refractivity contribution in [2.75, 3.05) is 5.32 Å². The smallest absolute Gasteiger partial charge is 0.409 e. The van der Waals surface area contributed by atoms with E-state index in [9.17, 15) is 4.79 Å². The van der Waals surface area contributed by atoms with Crippen LogP contribution in [-0.2, 0) is 0 Å². The standard InChI is InChI=1S/C7H7BrN2O2/c1-4-6(10-7(11)12)2-5(8)3-9-4/h2-3,10H,1H3,(H,11,12). The fourth-order valence-corrected chi connectivity index (χ4v) is 1.08. The summed E-state index contributed by atoms with van der Waals surface area (Å²) in [7, 11) is 0. The van der Waals surface area contributed by atoms with Gasteiger partial charge >= 0.3 is 6.09 Å². The predicted molar refractivity (Wildman–Crippen MR) is 48.3 cm³/mol. The maximum atomic E-state index is 10.3. The molecule has 1 rings (SSSR count). The fourth-order valence-electron chi connectivity index (χ4n) is 0.749. The van der Waals surface area contributed by atoms with Crippen LogP contribution in [0.2, 0.25) is 0 Å². The van der Waals surface area contributed by atoms with Crippen LogP contribution in [0.5, 0.6) is 0 Å². The number of halogens is 1. The fraction of sp³-hybridized carbons (Fsp3) is 0.143. The van der Waals surface area contributed by atoms with E-state index in [-0.39, 0.29) is 0 Å². The molecule has 0 aliphatic rings. The molecule has 64 valence electrons. The van der Waals surface area contributed by atoms with E-state index in [0.717, 1.165) is 4.47 Å². The number of anilines is 1. The lowest BCUT2D eigenvalue weighted by molar-refractivity contribution is 0.209. The highest BCUT2D eigenvalue weighted by Crippen LogP contribution is 2.17. The Kier molecular flexibility index (Phi) is 2.65. The highest BCUT2D eigenvalue weighted by molar-refractivity contribution is 9.10. The van der Waals surface area contributed by atoms with E-state index in [4.69, 9.17) is 5.11 Å². The summed E-state index contributed by atoms with van der Waals surface area (Å²) in [6, 6.07) is 1.66. The SMILES string of the molecule is Cc1ncc(Br)cc1NC(=O)O. The van der Waals surface area contributed by atoms with Gasteiger partial charge in [0.2, 0.25) is 0 Å². The van der Waals surface area contributed by atoms with Gasteiger partial charge in [-0.25, -0.2) is 4.79 Å². The highest BCUT2D eigenvalue weighted by atomic mass is 79.9. The summed E-state index contributed by atoms with van der Waals surface area (Å²) < 4.78 is 0.747. The molecule has 1 aromatic rings. The van der Waals surface area contributed by atoms with E-state index in [2.05, 4.69) is 26.2 Å². The zero-order valence-electron chi connectivity index (χ0n) is 6.34. The molecular weight excluding hydrogens is 224 g/mol. The van der Waals surface area contributed by atoms with Gasteiger partial charge < -0.3 is 5.11 Å². The average Bonchev–Trinajstić information content (AvgIpc) is 1.96. The molecule has 0 unspecified atom stereocenters. The first-order valence-corrected chi connectivity index (χ1v) is 4.01. The second-order valence-corrected chi connectivity index (χ2v) is 3.13. The largest absolute Gasteiger partial charge is 0.465 e. The molecule has 0 saturated carbocycles. The van der Waals surface area contributed by atoms with Crippen LogP contribution in [0.25, 0.3) is 0 Å². The van der Waals surface area contributed by atoms with Crippen molar-refractivity contribution >= 4 is 27.7 Å². The Hall–Kier alpha value is -1.10. The van der Waals surface area contributed by atoms with E-state index in [0.29, 0.717) is 11.4 Å². The lowest BCUT2D eigenvalue weighted by Gasteiger charge is -2.03. The van der Waals surface area contributed by atoms with E-state index >= 15 is 0 Å². The first-order valence-electron chi connectivity index (χ1n) is 3.21. The van der Waals surface area contributed by atoms with Gasteiger partial charge in [0.05, 0.1) is 11.4 Å². The van der Waals surface area contributed by atoms with Crippen molar-refractivity contribution in [3.63, 3.8) is 0 Å². The second kappa shape index (κ2) is 3.53. The molecule has 1 aromatic heterocycles. The monoisotopic (exact) mass is 230 g/mol. The molecule has 4 nitrogen and oxygen atoms in total. The van der Waals surface area contributed by atoms with Crippen molar-refractivity contribution in [3.05, 3.63) is 22.4 Å². The predicted octanol–water partition coefficient (Wildman–Crippen LogP) is 2.24. The zero-order chi connectivity index (χ0) is 9.14. The molecule has 0 bridgehead atoms. The first kappa shape index (κ1) is 8.99. The number of amides is 1. The number of hydrogen-bond acceptors (Lipinski definition) is 2. The van der Waals surface area contributed by atoms with E-state index in [1.54, 1.807) is 19.2 Å². The van der Waals surface area contributed by atoms with Crippen LogP contribution in [0.4, 0.5) is 10.5 Å². The van der Waals surface area contributed by atoms with Gasteiger partial charge in [-0.05, 0) is 28.9 Å². The van der Waals surface area contributed by atoms with Crippen LogP contribution in [-0.4, -0.2) is 16.2 Å². The van der Waals surface area contributed by atoms with Gasteiger partial charge in [-0.3, -0.25) is 10.3 Å². The van der Waals surface area contributed by atoms with Gasteiger partial charge in [-0.15, -0.1) is 0 Å². The Labute approximate surface area is 77.8 Å². The Bertz CT molecular complexity index is 314. The molecule has 1 amide bonds. The minimum absolute atomic E-state index is 0.497. The van der Waals surface area contributed by atoms with Crippen LogP contribution >= 0.6 is 15.9 Å². The quantitative estimate of drug-likeness (QED) is 0.778. The van der Waals surface area contributed by atoms with Crippen molar-refractivity contribution in [3.8, 4) is 0 Å². The first-order chi connectivity index (χ1) is 5.59. The molecular formula is C7H7BrN2O2. The Morgan fingerprint density at radius 1 is 1.75 bits per heavy atom. The minimum atomic E-state index is -1.09. The number of hydrogen-bond donors (Lipinski definition) is 2. The second-order valence-electron chi connectivity index (χ2n) is 2.22. The molecule has 0 saturated heterocycles. The van der Waals surface area contributed by atoms with Crippen LogP contribution in [0, 0.1) is 6.92 Å². The molecule has 0 fully saturated rings. The molecule has 0 aliphatic heterocycles. The van der Waals surface area contributed by atoms with Crippen LogP contribution < -0.4 is 5.32 Å². The number of aryl methyl sites for hydroxylation is 1. The number of rotatable bonds is 1. The molecule has 0 atom stereocenters. The molecule has 0 radical (unpaired) electrons. The summed E-state index contributed by atoms with van der Waals surface area (Å²) in [5.41, 5.74) is 1.15. The molecule has 0 spiro atoms. The third kappa shape index (κ3) is 2.20. The van der Waals surface area contributed by atoms with Crippen molar-refractivity contribution in [1.29, 1.82) is 0 Å². The zero-order valence-corrected chi connectivity index (χ0v) is 7.92. The van der Waals surface area contributed by atoms with Crippen LogP contribution in [0.1, 0.15) is 5.69 Å². The normalized spacial score (nSPS) is 9.50. The molecule has 0 aromatic carbocycles. The lowest BCUT2D eigenvalue weighted by atomic mass is 10.3. The van der Waals surface area contributed by atoms with Crippen molar-refractivity contribution in [1.82, 2.24) is 4.98 Å². The van der Waals surface area contributed by atoms with Gasteiger partial charge in [-0.2, -0.15) is 0 Å². The number of aromatic nitrogens is 1. The van der Waals surface area contributed by atoms with Crippen molar-refractivity contribution < 1.29 is 9.90 Å². The van der Waals surface area contributed by atoms with Gasteiger partial charge in [0.15, 0.2) is 0 Å². The van der Waals surface area contributed by atoms with E-state index in [1.807, 2.05) is 0 Å². The lowest BCUT2D eigenvalue weighted by Crippen LogP contribution is -2.08. The molecule has 12 heavy (non-hydrogen) atoms. The van der Waals surface area contributed by atoms with Gasteiger partial charge in [-0.1, -0.05) is 0 Å². The van der Waals surface area contributed by atoms with Gasteiger partial charge in [0.25, 0.3) is 0 Å². The van der Waals surface area contributed by atoms with Gasteiger partial charge in [0.1, 0.15) is 0 Å². The Balaban J connectivity index is 2.97. The number of pyridine rings is 1. The molecule has 0 aliphatic carbocycles. The van der Waals surface area contributed by atoms with Crippen molar-refractivity contribution in [2.24, 2.45) is 0 Å². The van der Waals surface area contributed by atoms with E-state index < -0.39 is 6.09 Å². The maximum Gasteiger partial charge on any atom is 0.409 e. The van der Waals surface area contributed by atoms with Crippen LogP contribution in [0.15, 0.2) is 16.7 Å². The van der Waals surface area contributed by atoms with Gasteiger partial charge in [0, 0.05) is 10.7 Å². The summed E-state index contributed by atoms with van der Waals surface area (Å²) in [6.45, 7) is 1.73. The number of nitrogens with one attached hydrogen (secondary N) is 1. The minimum Gasteiger partial charge on any atom is -0.465 e. The van der Waals surface area contributed by atoms with Crippen molar-refractivity contribution in [2.45, 2.75) is 6.92 Å². The maximum absolute atomic E-state index is 10.3. The Morgan fingerprint density at radius 3 is 3.00 bits per heavy atom. The third-order valence-electron chi connectivity index (χ3n) is 1.30. The highest BCUT2D eigenvalue weighted by Gasteiger charge is 2.02. The summed E-state index contributed by atoms with van der Waals surface area (Å²) in [6.07, 6.45) is 0.528. The third-order valence-corrected chi connectivity index (χ3v) is 1.73. The number of nitrogens with zero attached hydrogens (tertiary/aromatic N) is 1. The molecule has 2 N–H and O–H groups in total. The summed E-state index contributed by atoms with van der Waals surface area (Å²) in [5.74, 6) is 0. The summed E-state index contributed by atoms with van der Waals surface area (Å²) in [5, 5.41) is 10.7. The number of carbonyl (C=O) groups is 1. The number of carboxylic acid groups (broad SMARTS) is 1. The Morgan fingerprint density at radius 2 is 2.42 bits per heavy atom. The van der Waals surface area contributed by atoms with E-state index in [1.165, 1.54) is 0 Å². The topological polar surface area (TPSA) is 62.2 Å². The summed E-state index contributed by atoms with van der Waals surface area (Å²) >= 11 is 3.19. The van der Waals surface area contributed by atoms with Crippen LogP contribution in [0.3, 0.4) is 0 Å².